The number of benzene rings is 2. The number of anilines is 1. The van der Waals surface area contributed by atoms with E-state index in [9.17, 15) is 23.0 Å². The van der Waals surface area contributed by atoms with Crippen LogP contribution in [0.4, 0.5) is 10.1 Å². The molecule has 0 heterocycles. The van der Waals surface area contributed by atoms with Crippen molar-refractivity contribution in [2.45, 2.75) is 18.2 Å². The average Bonchev–Trinajstić information content (AvgIpc) is 2.48. The zero-order chi connectivity index (χ0) is 16.3. The van der Waals surface area contributed by atoms with Gasteiger partial charge >= 0.3 is 0 Å². The van der Waals surface area contributed by atoms with Gasteiger partial charge in [-0.2, -0.15) is 0 Å². The molecule has 0 amide bonds. The van der Waals surface area contributed by atoms with Gasteiger partial charge in [0.1, 0.15) is 5.75 Å². The van der Waals surface area contributed by atoms with Gasteiger partial charge in [0, 0.05) is 12.6 Å². The predicted octanol–water partition coefficient (Wildman–Crippen LogP) is 2.84. The molecule has 0 atom stereocenters. The number of phenolic OH excluding ortho intramolecular Hbond substituents is 2. The van der Waals surface area contributed by atoms with Crippen molar-refractivity contribution in [1.29, 1.82) is 0 Å². The van der Waals surface area contributed by atoms with E-state index in [0.717, 1.165) is 16.4 Å². The molecule has 2 rings (SSSR count). The van der Waals surface area contributed by atoms with Crippen LogP contribution in [-0.4, -0.2) is 25.2 Å². The van der Waals surface area contributed by atoms with E-state index in [1.54, 1.807) is 6.92 Å². The summed E-state index contributed by atoms with van der Waals surface area (Å²) < 4.78 is 40.0. The van der Waals surface area contributed by atoms with Crippen molar-refractivity contribution < 1.29 is 23.0 Å². The Hall–Kier alpha value is -2.28. The SMILES string of the molecule is CCCN(c1ccc(O)c(F)c1)S(=O)(=O)c1ccc(O)cc1. The Labute approximate surface area is 128 Å². The molecule has 22 heavy (non-hydrogen) atoms. The van der Waals surface area contributed by atoms with Gasteiger partial charge in [-0.3, -0.25) is 4.31 Å². The minimum Gasteiger partial charge on any atom is -0.508 e. The van der Waals surface area contributed by atoms with E-state index in [1.165, 1.54) is 30.3 Å². The summed E-state index contributed by atoms with van der Waals surface area (Å²) in [6.45, 7) is 1.96. The highest BCUT2D eigenvalue weighted by atomic mass is 32.2. The quantitative estimate of drug-likeness (QED) is 0.886. The van der Waals surface area contributed by atoms with Gasteiger partial charge in [0.05, 0.1) is 10.6 Å². The summed E-state index contributed by atoms with van der Waals surface area (Å²) in [5.74, 6) is -1.47. The summed E-state index contributed by atoms with van der Waals surface area (Å²) in [6, 6.07) is 8.53. The highest BCUT2D eigenvalue weighted by molar-refractivity contribution is 7.92. The summed E-state index contributed by atoms with van der Waals surface area (Å²) in [5, 5.41) is 18.5. The number of sulfonamides is 1. The van der Waals surface area contributed by atoms with Crippen LogP contribution in [0.15, 0.2) is 47.4 Å². The Morgan fingerprint density at radius 3 is 2.27 bits per heavy atom. The van der Waals surface area contributed by atoms with Gasteiger partial charge in [-0.15, -0.1) is 0 Å². The van der Waals surface area contributed by atoms with Gasteiger partial charge < -0.3 is 10.2 Å². The second-order valence-corrected chi connectivity index (χ2v) is 6.57. The lowest BCUT2D eigenvalue weighted by molar-refractivity contribution is 0.432. The summed E-state index contributed by atoms with van der Waals surface area (Å²) in [7, 11) is -3.89. The molecule has 7 heteroatoms. The molecule has 0 aromatic heterocycles. The van der Waals surface area contributed by atoms with Crippen molar-refractivity contribution in [2.75, 3.05) is 10.8 Å². The van der Waals surface area contributed by atoms with Gasteiger partial charge in [-0.1, -0.05) is 6.92 Å². The summed E-state index contributed by atoms with van der Waals surface area (Å²) in [6.07, 6.45) is 0.528. The zero-order valence-corrected chi connectivity index (χ0v) is 12.7. The van der Waals surface area contributed by atoms with Crippen molar-refractivity contribution in [3.8, 4) is 11.5 Å². The second-order valence-electron chi connectivity index (χ2n) is 4.71. The van der Waals surface area contributed by atoms with Crippen molar-refractivity contribution in [2.24, 2.45) is 0 Å². The molecule has 0 aliphatic carbocycles. The molecule has 0 radical (unpaired) electrons. The van der Waals surface area contributed by atoms with Crippen molar-refractivity contribution >= 4 is 15.7 Å². The molecule has 5 nitrogen and oxygen atoms in total. The monoisotopic (exact) mass is 325 g/mol. The van der Waals surface area contributed by atoms with Crippen LogP contribution in [-0.2, 0) is 10.0 Å². The minimum atomic E-state index is -3.89. The Morgan fingerprint density at radius 1 is 1.09 bits per heavy atom. The molecule has 2 aromatic rings. The highest BCUT2D eigenvalue weighted by Crippen LogP contribution is 2.28. The molecule has 0 unspecified atom stereocenters. The van der Waals surface area contributed by atoms with Crippen molar-refractivity contribution in [3.63, 3.8) is 0 Å². The van der Waals surface area contributed by atoms with E-state index < -0.39 is 21.6 Å². The zero-order valence-electron chi connectivity index (χ0n) is 11.9. The normalized spacial score (nSPS) is 11.4. The first-order chi connectivity index (χ1) is 10.4. The molecule has 0 saturated carbocycles. The fraction of sp³-hybridized carbons (Fsp3) is 0.200. The standard InChI is InChI=1S/C15H16FNO4S/c1-2-9-17(11-3-8-15(19)14(16)10-11)22(20,21)13-6-4-12(18)5-7-13/h3-8,10,18-19H,2,9H2,1H3. The summed E-state index contributed by atoms with van der Waals surface area (Å²) in [4.78, 5) is -0.00719. The van der Waals surface area contributed by atoms with E-state index in [1.807, 2.05) is 0 Å². The number of nitrogens with zero attached hydrogens (tertiary/aromatic N) is 1. The van der Waals surface area contributed by atoms with Gasteiger partial charge in [0.25, 0.3) is 10.0 Å². The van der Waals surface area contributed by atoms with Gasteiger partial charge in [-0.25, -0.2) is 12.8 Å². The lowest BCUT2D eigenvalue weighted by atomic mass is 10.3. The molecule has 0 bridgehead atoms. The molecule has 2 aromatic carbocycles. The molecular weight excluding hydrogens is 309 g/mol. The van der Waals surface area contributed by atoms with Crippen LogP contribution in [0.25, 0.3) is 0 Å². The molecule has 0 fully saturated rings. The first-order valence-corrected chi connectivity index (χ1v) is 8.10. The lowest BCUT2D eigenvalue weighted by Gasteiger charge is -2.24. The van der Waals surface area contributed by atoms with Gasteiger partial charge in [-0.05, 0) is 42.8 Å². The molecule has 0 spiro atoms. The summed E-state index contributed by atoms with van der Waals surface area (Å²) in [5.41, 5.74) is 0.130. The number of phenols is 2. The van der Waals surface area contributed by atoms with E-state index in [0.29, 0.717) is 6.42 Å². The van der Waals surface area contributed by atoms with Crippen LogP contribution in [0.2, 0.25) is 0 Å². The molecule has 0 aliphatic rings. The number of halogens is 1. The number of aromatic hydroxyl groups is 2. The fourth-order valence-corrected chi connectivity index (χ4v) is 3.54. The molecule has 0 saturated heterocycles. The highest BCUT2D eigenvalue weighted by Gasteiger charge is 2.25. The third kappa shape index (κ3) is 3.14. The first-order valence-electron chi connectivity index (χ1n) is 6.66. The smallest absolute Gasteiger partial charge is 0.264 e. The van der Waals surface area contributed by atoms with E-state index in [2.05, 4.69) is 0 Å². The molecule has 2 N–H and O–H groups in total. The molecule has 0 aliphatic heterocycles. The van der Waals surface area contributed by atoms with Crippen molar-refractivity contribution in [3.05, 3.63) is 48.3 Å². The Bertz CT molecular complexity index is 760. The molecular formula is C15H16FNO4S. The topological polar surface area (TPSA) is 77.8 Å². The van der Waals surface area contributed by atoms with Crippen molar-refractivity contribution in [1.82, 2.24) is 0 Å². The average molecular weight is 325 g/mol. The van der Waals surface area contributed by atoms with Gasteiger partial charge in [0.2, 0.25) is 0 Å². The lowest BCUT2D eigenvalue weighted by Crippen LogP contribution is -2.31. The number of hydrogen-bond donors (Lipinski definition) is 2. The Balaban J connectivity index is 2.50. The van der Waals surface area contributed by atoms with E-state index in [-0.39, 0.29) is 22.9 Å². The van der Waals surface area contributed by atoms with Crippen LogP contribution in [0.5, 0.6) is 11.5 Å². The number of hydrogen-bond acceptors (Lipinski definition) is 4. The maximum atomic E-state index is 13.5. The third-order valence-electron chi connectivity index (χ3n) is 3.07. The van der Waals surface area contributed by atoms with Crippen LogP contribution >= 0.6 is 0 Å². The minimum absolute atomic E-state index is 0.00719. The van der Waals surface area contributed by atoms with Crippen LogP contribution < -0.4 is 4.31 Å². The van der Waals surface area contributed by atoms with Crippen LogP contribution in [0.3, 0.4) is 0 Å². The largest absolute Gasteiger partial charge is 0.508 e. The van der Waals surface area contributed by atoms with E-state index >= 15 is 0 Å². The second kappa shape index (κ2) is 6.23. The van der Waals surface area contributed by atoms with Gasteiger partial charge in [0.15, 0.2) is 11.6 Å². The maximum absolute atomic E-state index is 13.5. The Kier molecular flexibility index (Phi) is 4.56. The fourth-order valence-electron chi connectivity index (χ4n) is 1.99. The predicted molar refractivity (Wildman–Crippen MR) is 81.0 cm³/mol. The first kappa shape index (κ1) is 16.1. The van der Waals surface area contributed by atoms with E-state index in [4.69, 9.17) is 0 Å². The Morgan fingerprint density at radius 2 is 1.73 bits per heavy atom. The third-order valence-corrected chi connectivity index (χ3v) is 4.91. The molecule has 118 valence electrons. The summed E-state index contributed by atoms with van der Waals surface area (Å²) >= 11 is 0. The maximum Gasteiger partial charge on any atom is 0.264 e. The van der Waals surface area contributed by atoms with Crippen LogP contribution in [0, 0.1) is 5.82 Å². The number of rotatable bonds is 5. The van der Waals surface area contributed by atoms with Crippen LogP contribution in [0.1, 0.15) is 13.3 Å².